The van der Waals surface area contributed by atoms with Crippen molar-refractivity contribution in [1.29, 1.82) is 0 Å². The zero-order valence-corrected chi connectivity index (χ0v) is 9.80. The first-order valence-corrected chi connectivity index (χ1v) is 6.11. The highest BCUT2D eigenvalue weighted by Crippen LogP contribution is 2.16. The number of hydrogen-bond acceptors (Lipinski definition) is 3. The first-order chi connectivity index (χ1) is 8.90. The summed E-state index contributed by atoms with van der Waals surface area (Å²) in [6.45, 7) is 0. The second-order valence-corrected chi connectivity index (χ2v) is 4.63. The predicted octanol–water partition coefficient (Wildman–Crippen LogP) is 1.84. The molecular weight excluding hydrogens is 222 g/mol. The van der Waals surface area contributed by atoms with Gasteiger partial charge in [0.25, 0.3) is 0 Å². The van der Waals surface area contributed by atoms with E-state index in [2.05, 4.69) is 51.6 Å². The number of benzene rings is 1. The Balaban J connectivity index is 2.02. The molecule has 1 aromatic heterocycles. The average molecular weight is 233 g/mol. The summed E-state index contributed by atoms with van der Waals surface area (Å²) in [5.41, 5.74) is 3.94. The highest BCUT2D eigenvalue weighted by atomic mass is 15.2. The van der Waals surface area contributed by atoms with E-state index in [-0.39, 0.29) is 0 Å². The van der Waals surface area contributed by atoms with Gasteiger partial charge in [0.2, 0.25) is 0 Å². The van der Waals surface area contributed by atoms with E-state index >= 15 is 0 Å². The molecule has 86 valence electrons. The summed E-state index contributed by atoms with van der Waals surface area (Å²) in [7, 11) is 0. The Morgan fingerprint density at radius 3 is 2.89 bits per heavy atom. The van der Waals surface area contributed by atoms with Crippen LogP contribution in [0.2, 0.25) is 0 Å². The molecule has 0 saturated carbocycles. The topological polar surface area (TPSA) is 37.6 Å². The molecule has 2 aliphatic rings. The van der Waals surface area contributed by atoms with Crippen LogP contribution in [0.4, 0.5) is 5.82 Å². The Labute approximate surface area is 104 Å². The van der Waals surface area contributed by atoms with E-state index in [1.165, 1.54) is 16.7 Å². The van der Waals surface area contributed by atoms with Gasteiger partial charge in [0.1, 0.15) is 0 Å². The summed E-state index contributed by atoms with van der Waals surface area (Å²) in [5.74, 6) is 0.740. The van der Waals surface area contributed by atoms with Gasteiger partial charge in [0.05, 0.1) is 11.5 Å². The van der Waals surface area contributed by atoms with Crippen molar-refractivity contribution < 1.29 is 0 Å². The standard InChI is InChI=1S/C15H11N3/c1-2-4-11-8-14-12(6-5-10(11)3-1)7-13-9-16-18-15(13)17-14/h1-4,7-9H,5-6H2. The fourth-order valence-electron chi connectivity index (χ4n) is 2.54. The van der Waals surface area contributed by atoms with Crippen LogP contribution in [0.5, 0.6) is 0 Å². The minimum Gasteiger partial charge on any atom is -0.227 e. The predicted molar refractivity (Wildman–Crippen MR) is 69.9 cm³/mol. The number of pyridine rings is 1. The highest BCUT2D eigenvalue weighted by molar-refractivity contribution is 5.57. The molecule has 2 aromatic rings. The van der Waals surface area contributed by atoms with Gasteiger partial charge in [-0.1, -0.05) is 24.3 Å². The smallest absolute Gasteiger partial charge is 0.183 e. The normalized spacial score (nSPS) is 14.9. The minimum atomic E-state index is 0.740. The Bertz CT molecular complexity index is 788. The average Bonchev–Trinajstić information content (AvgIpc) is 2.76. The zero-order chi connectivity index (χ0) is 11.9. The number of nitrogens with zero attached hydrogens (tertiary/aromatic N) is 3. The molecule has 4 rings (SSSR count). The van der Waals surface area contributed by atoms with Crippen molar-refractivity contribution in [3.05, 3.63) is 57.6 Å². The summed E-state index contributed by atoms with van der Waals surface area (Å²) in [6, 6.07) is 10.7. The monoisotopic (exact) mass is 233 g/mol. The highest BCUT2D eigenvalue weighted by Gasteiger charge is 2.10. The fraction of sp³-hybridized carbons (Fsp3) is 0.133. The molecule has 1 aliphatic heterocycles. The van der Waals surface area contributed by atoms with Crippen molar-refractivity contribution in [2.24, 2.45) is 10.2 Å². The molecule has 0 fully saturated rings. The van der Waals surface area contributed by atoms with E-state index in [1.54, 1.807) is 6.20 Å². The molecule has 0 radical (unpaired) electrons. The van der Waals surface area contributed by atoms with Gasteiger partial charge in [0, 0.05) is 5.22 Å². The van der Waals surface area contributed by atoms with Crippen LogP contribution in [-0.2, 0) is 12.8 Å². The van der Waals surface area contributed by atoms with Gasteiger partial charge in [0.15, 0.2) is 5.82 Å². The molecule has 3 nitrogen and oxygen atoms in total. The number of hydrogen-bond donors (Lipinski definition) is 0. The summed E-state index contributed by atoms with van der Waals surface area (Å²) in [6.07, 6.45) is 6.03. The molecule has 0 bridgehead atoms. The lowest BCUT2D eigenvalue weighted by molar-refractivity contribution is 0.942. The van der Waals surface area contributed by atoms with Crippen LogP contribution in [0.25, 0.3) is 12.3 Å². The van der Waals surface area contributed by atoms with E-state index in [9.17, 15) is 0 Å². The number of aryl methyl sites for hydroxylation is 2. The lowest BCUT2D eigenvalue weighted by atomic mass is 10.0. The van der Waals surface area contributed by atoms with E-state index < -0.39 is 0 Å². The number of rotatable bonds is 0. The molecule has 1 aliphatic carbocycles. The molecule has 0 spiro atoms. The molecular formula is C15H11N3. The quantitative estimate of drug-likeness (QED) is 0.684. The molecule has 0 saturated heterocycles. The summed E-state index contributed by atoms with van der Waals surface area (Å²) in [5, 5.41) is 10.0. The Kier molecular flexibility index (Phi) is 1.94. The lowest BCUT2D eigenvalue weighted by Crippen LogP contribution is -2.19. The maximum atomic E-state index is 4.61. The Hall–Kier alpha value is -2.29. The summed E-state index contributed by atoms with van der Waals surface area (Å²) >= 11 is 0. The molecule has 2 heterocycles. The second kappa shape index (κ2) is 3.60. The molecule has 0 N–H and O–H groups in total. The number of aromatic nitrogens is 1. The van der Waals surface area contributed by atoms with Crippen molar-refractivity contribution in [2.75, 3.05) is 0 Å². The first kappa shape index (κ1) is 9.71. The first-order valence-electron chi connectivity index (χ1n) is 6.11. The van der Waals surface area contributed by atoms with E-state index in [0.717, 1.165) is 29.2 Å². The minimum absolute atomic E-state index is 0.740. The second-order valence-electron chi connectivity index (χ2n) is 4.63. The van der Waals surface area contributed by atoms with Crippen LogP contribution >= 0.6 is 0 Å². The molecule has 1 aromatic carbocycles. The third-order valence-corrected chi connectivity index (χ3v) is 3.50. The summed E-state index contributed by atoms with van der Waals surface area (Å²) < 4.78 is 0. The molecule has 0 amide bonds. The van der Waals surface area contributed by atoms with E-state index in [4.69, 9.17) is 0 Å². The number of fused-ring (bicyclic) bond motifs is 3. The van der Waals surface area contributed by atoms with Crippen molar-refractivity contribution in [3.8, 4) is 0 Å². The van der Waals surface area contributed by atoms with Crippen molar-refractivity contribution in [2.45, 2.75) is 12.8 Å². The lowest BCUT2D eigenvalue weighted by Gasteiger charge is -2.01. The van der Waals surface area contributed by atoms with Crippen LogP contribution in [-0.4, -0.2) is 4.98 Å². The SMILES string of the molecule is C1=c2cc3c(nc2N=N1)=Cc1ccccc1CC3. The van der Waals surface area contributed by atoms with Gasteiger partial charge < -0.3 is 0 Å². The van der Waals surface area contributed by atoms with Crippen LogP contribution in [0, 0.1) is 0 Å². The molecule has 0 unspecified atom stereocenters. The number of azo groups is 1. The van der Waals surface area contributed by atoms with Crippen molar-refractivity contribution in [3.63, 3.8) is 0 Å². The molecule has 3 heteroatoms. The van der Waals surface area contributed by atoms with Crippen LogP contribution in [0.1, 0.15) is 16.7 Å². The van der Waals surface area contributed by atoms with Crippen molar-refractivity contribution in [1.82, 2.24) is 4.98 Å². The third-order valence-electron chi connectivity index (χ3n) is 3.50. The van der Waals surface area contributed by atoms with Crippen LogP contribution < -0.4 is 10.6 Å². The Morgan fingerprint density at radius 2 is 1.89 bits per heavy atom. The van der Waals surface area contributed by atoms with Gasteiger partial charge in [-0.05, 0) is 41.7 Å². The maximum Gasteiger partial charge on any atom is 0.183 e. The van der Waals surface area contributed by atoms with Crippen LogP contribution in [0.15, 0.2) is 40.6 Å². The van der Waals surface area contributed by atoms with E-state index in [0.29, 0.717) is 0 Å². The van der Waals surface area contributed by atoms with E-state index in [1.807, 2.05) is 0 Å². The van der Waals surface area contributed by atoms with Gasteiger partial charge in [-0.2, -0.15) is 5.11 Å². The van der Waals surface area contributed by atoms with Gasteiger partial charge >= 0.3 is 0 Å². The molecule has 0 atom stereocenters. The maximum absolute atomic E-state index is 4.61. The fourth-order valence-corrected chi connectivity index (χ4v) is 2.54. The zero-order valence-electron chi connectivity index (χ0n) is 9.80. The van der Waals surface area contributed by atoms with Crippen molar-refractivity contribution >= 4 is 18.1 Å². The largest absolute Gasteiger partial charge is 0.227 e. The Morgan fingerprint density at radius 1 is 1.00 bits per heavy atom. The van der Waals surface area contributed by atoms with Gasteiger partial charge in [-0.3, -0.25) is 0 Å². The molecule has 18 heavy (non-hydrogen) atoms. The summed E-state index contributed by atoms with van der Waals surface area (Å²) in [4.78, 5) is 4.61. The van der Waals surface area contributed by atoms with Gasteiger partial charge in [-0.25, -0.2) is 4.98 Å². The van der Waals surface area contributed by atoms with Gasteiger partial charge in [-0.15, -0.1) is 5.11 Å². The van der Waals surface area contributed by atoms with Crippen LogP contribution in [0.3, 0.4) is 0 Å². The third kappa shape index (κ3) is 1.40.